The van der Waals surface area contributed by atoms with Gasteiger partial charge >= 0.3 is 0 Å². The summed E-state index contributed by atoms with van der Waals surface area (Å²) in [6.45, 7) is 0.961. The average Bonchev–Trinajstić information content (AvgIpc) is 2.40. The van der Waals surface area contributed by atoms with Gasteiger partial charge in [0.15, 0.2) is 11.6 Å². The maximum absolute atomic E-state index is 9.08. The van der Waals surface area contributed by atoms with Crippen molar-refractivity contribution in [2.75, 3.05) is 23.8 Å². The highest BCUT2D eigenvalue weighted by molar-refractivity contribution is 5.79. The maximum Gasteiger partial charge on any atom is 0.172 e. The van der Waals surface area contributed by atoms with E-state index in [1.807, 2.05) is 24.3 Å². The van der Waals surface area contributed by atoms with Crippen LogP contribution < -0.4 is 10.6 Å². The van der Waals surface area contributed by atoms with Crippen LogP contribution in [0, 0.1) is 0 Å². The lowest BCUT2D eigenvalue weighted by Gasteiger charge is -2.38. The number of aliphatic hydroxyl groups is 1. The zero-order valence-corrected chi connectivity index (χ0v) is 11.5. The predicted molar refractivity (Wildman–Crippen MR) is 80.6 cm³/mol. The van der Waals surface area contributed by atoms with E-state index >= 15 is 0 Å². The van der Waals surface area contributed by atoms with Gasteiger partial charge in [-0.2, -0.15) is 0 Å². The van der Waals surface area contributed by atoms with Crippen LogP contribution in [0.2, 0.25) is 0 Å². The lowest BCUT2D eigenvalue weighted by molar-refractivity contribution is 0.282. The molecule has 1 aliphatic carbocycles. The monoisotopic (exact) mass is 272 g/mol. The fraction of sp³-hybridized carbons (Fsp3) is 0.467. The van der Waals surface area contributed by atoms with Gasteiger partial charge in [-0.3, -0.25) is 0 Å². The first-order valence-corrected chi connectivity index (χ1v) is 7.19. The molecule has 0 aliphatic heterocycles. The van der Waals surface area contributed by atoms with Crippen molar-refractivity contribution in [2.24, 2.45) is 0 Å². The Kier molecular flexibility index (Phi) is 3.69. The number of hydrogen-bond donors (Lipinski definition) is 2. The molecule has 0 saturated heterocycles. The molecule has 1 heterocycles. The van der Waals surface area contributed by atoms with Crippen molar-refractivity contribution in [1.82, 2.24) is 9.97 Å². The number of fused-ring (bicyclic) bond motifs is 1. The van der Waals surface area contributed by atoms with Crippen LogP contribution in [0.1, 0.15) is 25.7 Å². The zero-order valence-electron chi connectivity index (χ0n) is 11.5. The topological polar surface area (TPSA) is 75.3 Å². The number of benzene rings is 1. The molecule has 2 aromatic rings. The smallest absolute Gasteiger partial charge is 0.172 e. The van der Waals surface area contributed by atoms with Gasteiger partial charge in [0.2, 0.25) is 0 Å². The third-order valence-electron chi connectivity index (χ3n) is 3.92. The third kappa shape index (κ3) is 2.41. The van der Waals surface area contributed by atoms with Gasteiger partial charge < -0.3 is 15.7 Å². The summed E-state index contributed by atoms with van der Waals surface area (Å²) in [6.07, 6.45) is 4.31. The number of nitrogens with zero attached hydrogens (tertiary/aromatic N) is 3. The molecule has 1 aromatic heterocycles. The van der Waals surface area contributed by atoms with Crippen LogP contribution >= 0.6 is 0 Å². The highest BCUT2D eigenvalue weighted by Crippen LogP contribution is 2.32. The number of nitrogens with two attached hydrogens (primary N) is 1. The standard InChI is InChI=1S/C15H20N4O/c16-14-15(18-13-8-2-1-7-12(13)17-14)19(9-4-10-20)11-5-3-6-11/h1-2,7-8,11,20H,3-6,9-10H2,(H2,16,17). The molecule has 0 spiro atoms. The number of anilines is 2. The third-order valence-corrected chi connectivity index (χ3v) is 3.92. The molecule has 3 N–H and O–H groups in total. The van der Waals surface area contributed by atoms with Gasteiger partial charge in [0.1, 0.15) is 0 Å². The molecule has 0 atom stereocenters. The summed E-state index contributed by atoms with van der Waals surface area (Å²) in [5.41, 5.74) is 7.79. The molecule has 5 nitrogen and oxygen atoms in total. The summed E-state index contributed by atoms with van der Waals surface area (Å²) < 4.78 is 0. The van der Waals surface area contributed by atoms with Crippen molar-refractivity contribution in [3.05, 3.63) is 24.3 Å². The SMILES string of the molecule is Nc1nc2ccccc2nc1N(CCCO)C1CCC1. The van der Waals surface area contributed by atoms with Crippen LogP contribution in [-0.2, 0) is 0 Å². The largest absolute Gasteiger partial charge is 0.396 e. The lowest BCUT2D eigenvalue weighted by Crippen LogP contribution is -2.42. The van der Waals surface area contributed by atoms with Crippen LogP contribution in [0.4, 0.5) is 11.6 Å². The van der Waals surface area contributed by atoms with Crippen molar-refractivity contribution < 1.29 is 5.11 Å². The summed E-state index contributed by atoms with van der Waals surface area (Å²) >= 11 is 0. The number of hydrogen-bond acceptors (Lipinski definition) is 5. The maximum atomic E-state index is 9.08. The van der Waals surface area contributed by atoms with Crippen LogP contribution in [0.5, 0.6) is 0 Å². The van der Waals surface area contributed by atoms with Crippen LogP contribution in [0.15, 0.2) is 24.3 Å². The van der Waals surface area contributed by atoms with E-state index in [0.29, 0.717) is 11.9 Å². The first-order chi connectivity index (χ1) is 9.79. The Hall–Kier alpha value is -1.88. The Labute approximate surface area is 118 Å². The number of nitrogen functional groups attached to an aromatic ring is 1. The molecule has 0 amide bonds. The van der Waals surface area contributed by atoms with Crippen LogP contribution in [0.25, 0.3) is 11.0 Å². The van der Waals surface area contributed by atoms with E-state index in [2.05, 4.69) is 14.9 Å². The van der Waals surface area contributed by atoms with Crippen molar-refractivity contribution >= 4 is 22.7 Å². The van der Waals surface area contributed by atoms with E-state index in [4.69, 9.17) is 10.8 Å². The summed E-state index contributed by atoms with van der Waals surface area (Å²) in [5.74, 6) is 1.25. The quantitative estimate of drug-likeness (QED) is 0.870. The lowest BCUT2D eigenvalue weighted by atomic mass is 9.91. The molecule has 0 bridgehead atoms. The highest BCUT2D eigenvalue weighted by Gasteiger charge is 2.27. The minimum absolute atomic E-state index is 0.185. The average molecular weight is 272 g/mol. The molecule has 0 radical (unpaired) electrons. The van der Waals surface area contributed by atoms with Gasteiger partial charge in [-0.25, -0.2) is 9.97 Å². The number of para-hydroxylation sites is 2. The molecule has 0 unspecified atom stereocenters. The van der Waals surface area contributed by atoms with E-state index < -0.39 is 0 Å². The molecule has 106 valence electrons. The number of aromatic nitrogens is 2. The van der Waals surface area contributed by atoms with Gasteiger partial charge in [0, 0.05) is 19.2 Å². The molecule has 1 saturated carbocycles. The Morgan fingerprint density at radius 3 is 2.50 bits per heavy atom. The van der Waals surface area contributed by atoms with Crippen molar-refractivity contribution in [3.63, 3.8) is 0 Å². The fourth-order valence-corrected chi connectivity index (χ4v) is 2.62. The second-order valence-corrected chi connectivity index (χ2v) is 5.28. The van der Waals surface area contributed by atoms with E-state index in [1.165, 1.54) is 19.3 Å². The molecule has 5 heteroatoms. The van der Waals surface area contributed by atoms with E-state index in [0.717, 1.165) is 29.8 Å². The van der Waals surface area contributed by atoms with Crippen molar-refractivity contribution in [2.45, 2.75) is 31.7 Å². The summed E-state index contributed by atoms with van der Waals surface area (Å²) in [4.78, 5) is 11.4. The second-order valence-electron chi connectivity index (χ2n) is 5.28. The zero-order chi connectivity index (χ0) is 13.9. The molecular formula is C15H20N4O. The molecule has 3 rings (SSSR count). The van der Waals surface area contributed by atoms with Crippen LogP contribution in [-0.4, -0.2) is 34.3 Å². The van der Waals surface area contributed by atoms with Gasteiger partial charge in [0.25, 0.3) is 0 Å². The van der Waals surface area contributed by atoms with Gasteiger partial charge in [-0.15, -0.1) is 0 Å². The Bertz CT molecular complexity index is 597. The van der Waals surface area contributed by atoms with E-state index in [1.54, 1.807) is 0 Å². The van der Waals surface area contributed by atoms with E-state index in [9.17, 15) is 0 Å². The molecule has 1 aliphatic rings. The van der Waals surface area contributed by atoms with Gasteiger partial charge in [-0.1, -0.05) is 12.1 Å². The fourth-order valence-electron chi connectivity index (χ4n) is 2.62. The number of aliphatic hydroxyl groups excluding tert-OH is 1. The molecule has 20 heavy (non-hydrogen) atoms. The predicted octanol–water partition coefficient (Wildman–Crippen LogP) is 1.95. The highest BCUT2D eigenvalue weighted by atomic mass is 16.3. The summed E-state index contributed by atoms with van der Waals surface area (Å²) in [5, 5.41) is 9.08. The number of rotatable bonds is 5. The molecular weight excluding hydrogens is 252 g/mol. The van der Waals surface area contributed by atoms with Crippen molar-refractivity contribution in [1.29, 1.82) is 0 Å². The second kappa shape index (κ2) is 5.63. The van der Waals surface area contributed by atoms with Gasteiger partial charge in [-0.05, 0) is 37.8 Å². The Morgan fingerprint density at radius 1 is 1.20 bits per heavy atom. The first kappa shape index (κ1) is 13.1. The summed E-state index contributed by atoms with van der Waals surface area (Å²) in [6, 6.07) is 8.25. The normalized spacial score (nSPS) is 15.2. The van der Waals surface area contributed by atoms with Gasteiger partial charge in [0.05, 0.1) is 11.0 Å². The minimum atomic E-state index is 0.185. The Morgan fingerprint density at radius 2 is 1.90 bits per heavy atom. The minimum Gasteiger partial charge on any atom is -0.396 e. The van der Waals surface area contributed by atoms with E-state index in [-0.39, 0.29) is 6.61 Å². The van der Waals surface area contributed by atoms with Crippen molar-refractivity contribution in [3.8, 4) is 0 Å². The first-order valence-electron chi connectivity index (χ1n) is 7.19. The molecule has 1 fully saturated rings. The molecule has 1 aromatic carbocycles. The van der Waals surface area contributed by atoms with Crippen LogP contribution in [0.3, 0.4) is 0 Å². The summed E-state index contributed by atoms with van der Waals surface area (Å²) in [7, 11) is 0. The Balaban J connectivity index is 1.98.